The third-order valence-electron chi connectivity index (χ3n) is 3.43. The van der Waals surface area contributed by atoms with Crippen molar-refractivity contribution in [2.24, 2.45) is 0 Å². The fourth-order valence-corrected chi connectivity index (χ4v) is 2.34. The molecular weight excluding hydrogens is 215 g/mol. The molecule has 2 rings (SSSR count). The number of hydrogen-bond acceptors (Lipinski definition) is 2. The summed E-state index contributed by atoms with van der Waals surface area (Å²) < 4.78 is 13.1. The molecule has 1 unspecified atom stereocenters. The number of halogens is 1. The van der Waals surface area contributed by atoms with Gasteiger partial charge in [-0.25, -0.2) is 4.39 Å². The summed E-state index contributed by atoms with van der Waals surface area (Å²) in [6.45, 7) is 6.61. The van der Waals surface area contributed by atoms with Gasteiger partial charge in [-0.1, -0.05) is 12.1 Å². The normalized spacial score (nSPS) is 18.5. The Morgan fingerprint density at radius 2 is 2.12 bits per heavy atom. The third-order valence-corrected chi connectivity index (χ3v) is 3.43. The molecule has 17 heavy (non-hydrogen) atoms. The van der Waals surface area contributed by atoms with Gasteiger partial charge >= 0.3 is 0 Å². The van der Waals surface area contributed by atoms with Crippen LogP contribution in [0.3, 0.4) is 0 Å². The van der Waals surface area contributed by atoms with Crippen molar-refractivity contribution in [3.8, 4) is 0 Å². The Hall–Kier alpha value is -0.930. The van der Waals surface area contributed by atoms with Crippen LogP contribution in [-0.4, -0.2) is 31.1 Å². The van der Waals surface area contributed by atoms with Crippen LogP contribution in [0.25, 0.3) is 0 Å². The highest BCUT2D eigenvalue weighted by Crippen LogP contribution is 2.13. The Morgan fingerprint density at radius 3 is 2.82 bits per heavy atom. The molecule has 1 heterocycles. The van der Waals surface area contributed by atoms with Crippen LogP contribution in [-0.2, 0) is 0 Å². The lowest BCUT2D eigenvalue weighted by Crippen LogP contribution is -2.31. The van der Waals surface area contributed by atoms with E-state index in [0.717, 1.165) is 18.7 Å². The minimum absolute atomic E-state index is 0.157. The van der Waals surface area contributed by atoms with Crippen molar-refractivity contribution >= 4 is 0 Å². The molecule has 1 aliphatic heterocycles. The molecule has 1 saturated heterocycles. The van der Waals surface area contributed by atoms with Crippen LogP contribution in [0.15, 0.2) is 24.3 Å². The largest absolute Gasteiger partial charge is 0.309 e. The van der Waals surface area contributed by atoms with Crippen LogP contribution in [0.4, 0.5) is 4.39 Å². The van der Waals surface area contributed by atoms with Gasteiger partial charge in [-0.15, -0.1) is 0 Å². The van der Waals surface area contributed by atoms with Crippen molar-refractivity contribution in [3.05, 3.63) is 35.6 Å². The van der Waals surface area contributed by atoms with Gasteiger partial charge in [0.05, 0.1) is 0 Å². The molecule has 1 atom stereocenters. The molecule has 0 aliphatic carbocycles. The molecule has 0 aromatic heterocycles. The molecule has 0 amide bonds. The van der Waals surface area contributed by atoms with Gasteiger partial charge in [0, 0.05) is 19.1 Å². The van der Waals surface area contributed by atoms with E-state index in [2.05, 4.69) is 17.1 Å². The minimum atomic E-state index is -0.157. The number of hydrogen-bond donors (Lipinski definition) is 1. The summed E-state index contributed by atoms with van der Waals surface area (Å²) in [7, 11) is 0. The first-order chi connectivity index (χ1) is 8.25. The molecule has 3 heteroatoms. The molecule has 0 saturated carbocycles. The van der Waals surface area contributed by atoms with Gasteiger partial charge in [0.1, 0.15) is 5.82 Å². The molecule has 1 fully saturated rings. The number of benzene rings is 1. The number of nitrogens with one attached hydrogen (secondary N) is 1. The smallest absolute Gasteiger partial charge is 0.123 e. The molecule has 0 bridgehead atoms. The van der Waals surface area contributed by atoms with Gasteiger partial charge in [-0.2, -0.15) is 0 Å². The van der Waals surface area contributed by atoms with Gasteiger partial charge in [-0.05, 0) is 50.6 Å². The van der Waals surface area contributed by atoms with E-state index in [-0.39, 0.29) is 11.9 Å². The summed E-state index contributed by atoms with van der Waals surface area (Å²) in [5.41, 5.74) is 1.02. The van der Waals surface area contributed by atoms with Crippen LogP contribution in [0.5, 0.6) is 0 Å². The lowest BCUT2D eigenvalue weighted by atomic mass is 10.1. The van der Waals surface area contributed by atoms with E-state index in [4.69, 9.17) is 0 Å². The molecule has 0 radical (unpaired) electrons. The van der Waals surface area contributed by atoms with Crippen molar-refractivity contribution in [2.45, 2.75) is 25.8 Å². The predicted molar refractivity (Wildman–Crippen MR) is 68.5 cm³/mol. The highest BCUT2D eigenvalue weighted by atomic mass is 19.1. The van der Waals surface area contributed by atoms with Crippen molar-refractivity contribution in [1.82, 2.24) is 10.2 Å². The SMILES string of the molecule is CC(NCCN1CCCC1)c1cccc(F)c1. The van der Waals surface area contributed by atoms with Crippen LogP contribution >= 0.6 is 0 Å². The monoisotopic (exact) mass is 236 g/mol. The van der Waals surface area contributed by atoms with Crippen LogP contribution in [0, 0.1) is 5.82 Å². The molecule has 0 spiro atoms. The Balaban J connectivity index is 1.74. The predicted octanol–water partition coefficient (Wildman–Crippen LogP) is 2.57. The average Bonchev–Trinajstić information content (AvgIpc) is 2.82. The highest BCUT2D eigenvalue weighted by molar-refractivity contribution is 5.19. The highest BCUT2D eigenvalue weighted by Gasteiger charge is 2.11. The maximum Gasteiger partial charge on any atom is 0.123 e. The topological polar surface area (TPSA) is 15.3 Å². The van der Waals surface area contributed by atoms with Gasteiger partial charge in [0.25, 0.3) is 0 Å². The third kappa shape index (κ3) is 3.79. The zero-order chi connectivity index (χ0) is 12.1. The average molecular weight is 236 g/mol. The molecule has 1 aliphatic rings. The summed E-state index contributed by atoms with van der Waals surface area (Å²) >= 11 is 0. The Morgan fingerprint density at radius 1 is 1.35 bits per heavy atom. The zero-order valence-electron chi connectivity index (χ0n) is 10.5. The van der Waals surface area contributed by atoms with Gasteiger partial charge < -0.3 is 10.2 Å². The lowest BCUT2D eigenvalue weighted by Gasteiger charge is -2.18. The fourth-order valence-electron chi connectivity index (χ4n) is 2.34. The van der Waals surface area contributed by atoms with E-state index in [9.17, 15) is 4.39 Å². The number of rotatable bonds is 5. The van der Waals surface area contributed by atoms with Gasteiger partial charge in [0.2, 0.25) is 0 Å². The first-order valence-electron chi connectivity index (χ1n) is 6.47. The minimum Gasteiger partial charge on any atom is -0.309 e. The molecule has 2 nitrogen and oxygen atoms in total. The Labute approximate surface area is 103 Å². The standard InChI is InChI=1S/C14H21FN2/c1-12(13-5-4-6-14(15)11-13)16-7-10-17-8-2-3-9-17/h4-6,11-12,16H,2-3,7-10H2,1H3. The second-order valence-electron chi connectivity index (χ2n) is 4.78. The van der Waals surface area contributed by atoms with E-state index < -0.39 is 0 Å². The van der Waals surface area contributed by atoms with Crippen molar-refractivity contribution in [2.75, 3.05) is 26.2 Å². The maximum atomic E-state index is 13.1. The summed E-state index contributed by atoms with van der Waals surface area (Å²) in [6.07, 6.45) is 2.67. The summed E-state index contributed by atoms with van der Waals surface area (Å²) in [5.74, 6) is -0.157. The van der Waals surface area contributed by atoms with Crippen LogP contribution in [0.1, 0.15) is 31.4 Å². The zero-order valence-corrected chi connectivity index (χ0v) is 10.5. The molecular formula is C14H21FN2. The Bertz CT molecular complexity index is 348. The van der Waals surface area contributed by atoms with Crippen molar-refractivity contribution in [3.63, 3.8) is 0 Å². The summed E-state index contributed by atoms with van der Waals surface area (Å²) in [4.78, 5) is 2.48. The second-order valence-corrected chi connectivity index (χ2v) is 4.78. The maximum absolute atomic E-state index is 13.1. The van der Waals surface area contributed by atoms with Gasteiger partial charge in [-0.3, -0.25) is 0 Å². The first kappa shape index (κ1) is 12.5. The van der Waals surface area contributed by atoms with E-state index in [0.29, 0.717) is 0 Å². The van der Waals surface area contributed by atoms with Crippen LogP contribution in [0.2, 0.25) is 0 Å². The molecule has 1 aromatic carbocycles. The van der Waals surface area contributed by atoms with E-state index in [1.807, 2.05) is 6.07 Å². The summed E-state index contributed by atoms with van der Waals surface area (Å²) in [5, 5.41) is 3.44. The quantitative estimate of drug-likeness (QED) is 0.845. The van der Waals surface area contributed by atoms with E-state index in [1.54, 1.807) is 12.1 Å². The van der Waals surface area contributed by atoms with Crippen LogP contribution < -0.4 is 5.32 Å². The molecule has 1 N–H and O–H groups in total. The van der Waals surface area contributed by atoms with E-state index >= 15 is 0 Å². The molecule has 94 valence electrons. The van der Waals surface area contributed by atoms with Gasteiger partial charge in [0.15, 0.2) is 0 Å². The Kier molecular flexibility index (Phi) is 4.51. The van der Waals surface area contributed by atoms with Crippen molar-refractivity contribution < 1.29 is 4.39 Å². The summed E-state index contributed by atoms with van der Waals surface area (Å²) in [6, 6.07) is 7.04. The fraction of sp³-hybridized carbons (Fsp3) is 0.571. The second kappa shape index (κ2) is 6.12. The first-order valence-corrected chi connectivity index (χ1v) is 6.47. The number of nitrogens with zero attached hydrogens (tertiary/aromatic N) is 1. The van der Waals surface area contributed by atoms with E-state index in [1.165, 1.54) is 32.0 Å². The van der Waals surface area contributed by atoms with Crippen molar-refractivity contribution in [1.29, 1.82) is 0 Å². The number of likely N-dealkylation sites (tertiary alicyclic amines) is 1. The molecule has 1 aromatic rings. The lowest BCUT2D eigenvalue weighted by molar-refractivity contribution is 0.329.